The van der Waals surface area contributed by atoms with Gasteiger partial charge in [0, 0.05) is 11.2 Å². The maximum absolute atomic E-state index is 6.34. The Kier molecular flexibility index (Phi) is 3.53. The summed E-state index contributed by atoms with van der Waals surface area (Å²) in [6.07, 6.45) is 3.05. The van der Waals surface area contributed by atoms with Gasteiger partial charge in [-0.3, -0.25) is 0 Å². The molecule has 0 fully saturated rings. The molecule has 0 amide bonds. The Morgan fingerprint density at radius 3 is 2.50 bits per heavy atom. The second-order valence-corrected chi connectivity index (χ2v) is 3.89. The van der Waals surface area contributed by atoms with E-state index in [1.54, 1.807) is 0 Å². The van der Waals surface area contributed by atoms with E-state index in [9.17, 15) is 0 Å². The van der Waals surface area contributed by atoms with Crippen LogP contribution >= 0.6 is 0 Å². The smallest absolute Gasteiger partial charge is 0.0407 e. The van der Waals surface area contributed by atoms with E-state index in [2.05, 4.69) is 19.9 Å². The van der Waals surface area contributed by atoms with Gasteiger partial charge in [0.2, 0.25) is 0 Å². The van der Waals surface area contributed by atoms with Gasteiger partial charge in [-0.15, -0.1) is 0 Å². The summed E-state index contributed by atoms with van der Waals surface area (Å²) in [5.74, 6) is 0. The van der Waals surface area contributed by atoms with E-state index in [1.807, 2.05) is 18.2 Å². The molecule has 0 aliphatic rings. The van der Waals surface area contributed by atoms with Crippen molar-refractivity contribution < 1.29 is 0 Å². The Morgan fingerprint density at radius 1 is 1.29 bits per heavy atom. The van der Waals surface area contributed by atoms with Crippen molar-refractivity contribution in [1.29, 1.82) is 0 Å². The van der Waals surface area contributed by atoms with Crippen molar-refractivity contribution in [2.24, 2.45) is 5.73 Å². The standard InChI is InChI=1S/C12H20N2/c1-3-8-12(14,4-2)10-6-5-7-11(13)9-10/h5-7,9H,3-4,8,13-14H2,1-2H3. The second kappa shape index (κ2) is 4.47. The van der Waals surface area contributed by atoms with Crippen LogP contribution in [0.5, 0.6) is 0 Å². The first-order valence-electron chi connectivity index (χ1n) is 5.27. The quantitative estimate of drug-likeness (QED) is 0.720. The average Bonchev–Trinajstić information content (AvgIpc) is 2.18. The van der Waals surface area contributed by atoms with Crippen LogP contribution in [0.3, 0.4) is 0 Å². The maximum atomic E-state index is 6.34. The molecular formula is C12H20N2. The van der Waals surface area contributed by atoms with Crippen LogP contribution in [0.25, 0.3) is 0 Å². The van der Waals surface area contributed by atoms with Crippen molar-refractivity contribution in [3.63, 3.8) is 0 Å². The molecule has 4 N–H and O–H groups in total. The lowest BCUT2D eigenvalue weighted by molar-refractivity contribution is 0.390. The summed E-state index contributed by atoms with van der Waals surface area (Å²) in [6.45, 7) is 4.28. The van der Waals surface area contributed by atoms with Crippen LogP contribution in [0.2, 0.25) is 0 Å². The highest BCUT2D eigenvalue weighted by Crippen LogP contribution is 2.28. The zero-order chi connectivity index (χ0) is 10.6. The number of rotatable bonds is 4. The van der Waals surface area contributed by atoms with Crippen molar-refractivity contribution in [2.45, 2.75) is 38.6 Å². The summed E-state index contributed by atoms with van der Waals surface area (Å²) >= 11 is 0. The molecular weight excluding hydrogens is 172 g/mol. The van der Waals surface area contributed by atoms with E-state index < -0.39 is 0 Å². The molecule has 0 saturated heterocycles. The fourth-order valence-electron chi connectivity index (χ4n) is 1.82. The highest BCUT2D eigenvalue weighted by molar-refractivity contribution is 5.43. The zero-order valence-corrected chi connectivity index (χ0v) is 9.09. The normalized spacial score (nSPS) is 15.1. The lowest BCUT2D eigenvalue weighted by Gasteiger charge is -2.28. The van der Waals surface area contributed by atoms with Gasteiger partial charge in [-0.2, -0.15) is 0 Å². The highest BCUT2D eigenvalue weighted by Gasteiger charge is 2.23. The molecule has 0 spiro atoms. The van der Waals surface area contributed by atoms with Crippen LogP contribution in [-0.4, -0.2) is 0 Å². The summed E-state index contributed by atoms with van der Waals surface area (Å²) in [5.41, 5.74) is 13.8. The third-order valence-electron chi connectivity index (χ3n) is 2.79. The summed E-state index contributed by atoms with van der Waals surface area (Å²) in [5, 5.41) is 0. The first-order chi connectivity index (χ1) is 6.62. The Morgan fingerprint density at radius 2 is 2.00 bits per heavy atom. The van der Waals surface area contributed by atoms with Gasteiger partial charge in [-0.1, -0.05) is 32.4 Å². The molecule has 0 aliphatic carbocycles. The monoisotopic (exact) mass is 192 g/mol. The van der Waals surface area contributed by atoms with Crippen LogP contribution in [-0.2, 0) is 5.54 Å². The number of hydrogen-bond acceptors (Lipinski definition) is 2. The molecule has 0 bridgehead atoms. The number of benzene rings is 1. The van der Waals surface area contributed by atoms with E-state index in [-0.39, 0.29) is 5.54 Å². The van der Waals surface area contributed by atoms with Gasteiger partial charge in [0.1, 0.15) is 0 Å². The highest BCUT2D eigenvalue weighted by atomic mass is 14.7. The number of nitrogens with two attached hydrogens (primary N) is 2. The van der Waals surface area contributed by atoms with Gasteiger partial charge >= 0.3 is 0 Å². The summed E-state index contributed by atoms with van der Waals surface area (Å²) in [7, 11) is 0. The molecule has 78 valence electrons. The van der Waals surface area contributed by atoms with E-state index in [1.165, 1.54) is 0 Å². The molecule has 1 aromatic rings. The van der Waals surface area contributed by atoms with Crippen LogP contribution in [0, 0.1) is 0 Å². The molecule has 14 heavy (non-hydrogen) atoms. The predicted octanol–water partition coefficient (Wildman–Crippen LogP) is 2.63. The van der Waals surface area contributed by atoms with Crippen molar-refractivity contribution in [3.8, 4) is 0 Å². The molecule has 0 radical (unpaired) electrons. The van der Waals surface area contributed by atoms with Crippen LogP contribution in [0.1, 0.15) is 38.7 Å². The van der Waals surface area contributed by atoms with Gasteiger partial charge in [0.25, 0.3) is 0 Å². The van der Waals surface area contributed by atoms with E-state index in [0.717, 1.165) is 30.5 Å². The Labute approximate surface area is 86.3 Å². The van der Waals surface area contributed by atoms with Crippen LogP contribution in [0.4, 0.5) is 5.69 Å². The third-order valence-corrected chi connectivity index (χ3v) is 2.79. The van der Waals surface area contributed by atoms with Gasteiger partial charge in [0.15, 0.2) is 0 Å². The molecule has 2 heteroatoms. The Balaban J connectivity index is 2.99. The van der Waals surface area contributed by atoms with Crippen LogP contribution in [0.15, 0.2) is 24.3 Å². The Hall–Kier alpha value is -1.02. The van der Waals surface area contributed by atoms with Gasteiger partial charge in [0.05, 0.1) is 0 Å². The third kappa shape index (κ3) is 2.26. The average molecular weight is 192 g/mol. The van der Waals surface area contributed by atoms with E-state index >= 15 is 0 Å². The van der Waals surface area contributed by atoms with Gasteiger partial charge in [-0.05, 0) is 30.5 Å². The van der Waals surface area contributed by atoms with Crippen LogP contribution < -0.4 is 11.5 Å². The van der Waals surface area contributed by atoms with Gasteiger partial charge < -0.3 is 11.5 Å². The molecule has 1 rings (SSSR count). The van der Waals surface area contributed by atoms with Crippen molar-refractivity contribution >= 4 is 5.69 Å². The first-order valence-corrected chi connectivity index (χ1v) is 5.27. The maximum Gasteiger partial charge on any atom is 0.0407 e. The molecule has 1 aromatic carbocycles. The number of nitrogen functional groups attached to an aromatic ring is 1. The number of hydrogen-bond donors (Lipinski definition) is 2. The molecule has 0 saturated carbocycles. The molecule has 0 aromatic heterocycles. The minimum absolute atomic E-state index is 0.204. The topological polar surface area (TPSA) is 52.0 Å². The predicted molar refractivity (Wildman–Crippen MR) is 61.9 cm³/mol. The largest absolute Gasteiger partial charge is 0.399 e. The SMILES string of the molecule is CCCC(N)(CC)c1cccc(N)c1. The molecule has 0 aliphatic heterocycles. The summed E-state index contributed by atoms with van der Waals surface area (Å²) in [6, 6.07) is 7.91. The fraction of sp³-hybridized carbons (Fsp3) is 0.500. The zero-order valence-electron chi connectivity index (χ0n) is 9.09. The van der Waals surface area contributed by atoms with Gasteiger partial charge in [-0.25, -0.2) is 0 Å². The van der Waals surface area contributed by atoms with Crippen molar-refractivity contribution in [2.75, 3.05) is 5.73 Å². The second-order valence-electron chi connectivity index (χ2n) is 3.89. The first kappa shape index (κ1) is 11.1. The molecule has 2 nitrogen and oxygen atoms in total. The summed E-state index contributed by atoms with van der Waals surface area (Å²) < 4.78 is 0. The van der Waals surface area contributed by atoms with Crippen molar-refractivity contribution in [1.82, 2.24) is 0 Å². The van der Waals surface area contributed by atoms with E-state index in [4.69, 9.17) is 11.5 Å². The Bertz CT molecular complexity index is 296. The van der Waals surface area contributed by atoms with Crippen molar-refractivity contribution in [3.05, 3.63) is 29.8 Å². The van der Waals surface area contributed by atoms with E-state index in [0.29, 0.717) is 0 Å². The minimum Gasteiger partial charge on any atom is -0.399 e. The lowest BCUT2D eigenvalue weighted by atomic mass is 9.84. The number of anilines is 1. The fourth-order valence-corrected chi connectivity index (χ4v) is 1.82. The molecule has 1 atom stereocenters. The minimum atomic E-state index is -0.204. The molecule has 0 heterocycles. The summed E-state index contributed by atoms with van der Waals surface area (Å²) in [4.78, 5) is 0. The lowest BCUT2D eigenvalue weighted by Crippen LogP contribution is -2.35. The molecule has 1 unspecified atom stereocenters.